The monoisotopic (exact) mass is 376 g/mol. The molecule has 3 aromatic rings. The van der Waals surface area contributed by atoms with Crippen molar-refractivity contribution in [3.8, 4) is 23.1 Å². The molecular weight excluding hydrogens is 356 g/mol. The van der Waals surface area contributed by atoms with Crippen LogP contribution in [0.5, 0.6) is 5.75 Å². The van der Waals surface area contributed by atoms with Gasteiger partial charge in [-0.1, -0.05) is 42.0 Å². The molecule has 0 spiro atoms. The van der Waals surface area contributed by atoms with E-state index in [9.17, 15) is 10.1 Å². The van der Waals surface area contributed by atoms with Crippen LogP contribution in [0, 0.1) is 32.1 Å². The minimum Gasteiger partial charge on any atom is -0.485 e. The lowest BCUT2D eigenvalue weighted by atomic mass is 10.1. The first-order valence-electron chi connectivity index (χ1n) is 8.63. The van der Waals surface area contributed by atoms with Crippen molar-refractivity contribution in [2.75, 3.05) is 6.61 Å². The van der Waals surface area contributed by atoms with Crippen molar-refractivity contribution in [3.63, 3.8) is 0 Å². The molecule has 27 heavy (non-hydrogen) atoms. The SMILES string of the molecule is Cc1ccc(-c2csc(C(C#N)C(=O)COc3cc(C)ccc3C)n2)cc1. The van der Waals surface area contributed by atoms with E-state index in [4.69, 9.17) is 4.74 Å². The van der Waals surface area contributed by atoms with Gasteiger partial charge in [-0.15, -0.1) is 11.3 Å². The molecule has 4 nitrogen and oxygen atoms in total. The van der Waals surface area contributed by atoms with Gasteiger partial charge in [0.25, 0.3) is 0 Å². The van der Waals surface area contributed by atoms with Gasteiger partial charge in [0.05, 0.1) is 11.8 Å². The lowest BCUT2D eigenvalue weighted by Crippen LogP contribution is -2.19. The maximum absolute atomic E-state index is 12.6. The highest BCUT2D eigenvalue weighted by Gasteiger charge is 2.24. The van der Waals surface area contributed by atoms with E-state index in [1.165, 1.54) is 16.9 Å². The lowest BCUT2D eigenvalue weighted by Gasteiger charge is -2.10. The third-order valence-corrected chi connectivity index (χ3v) is 5.19. The fraction of sp³-hybridized carbons (Fsp3) is 0.227. The Labute approximate surface area is 163 Å². The second kappa shape index (κ2) is 8.15. The van der Waals surface area contributed by atoms with E-state index in [0.717, 1.165) is 22.4 Å². The summed E-state index contributed by atoms with van der Waals surface area (Å²) >= 11 is 1.33. The molecule has 0 amide bonds. The van der Waals surface area contributed by atoms with Gasteiger partial charge in [0.1, 0.15) is 17.4 Å². The number of carbonyl (C=O) groups excluding carboxylic acids is 1. The second-order valence-corrected chi connectivity index (χ2v) is 7.41. The van der Waals surface area contributed by atoms with Crippen LogP contribution in [-0.4, -0.2) is 17.4 Å². The standard InChI is InChI=1S/C22H20N2O2S/c1-14-5-8-17(9-6-14)19-13-27-22(24-19)18(11-23)20(25)12-26-21-10-15(2)4-7-16(21)3/h4-10,13,18H,12H2,1-3H3. The van der Waals surface area contributed by atoms with E-state index in [1.54, 1.807) is 0 Å². The molecule has 0 saturated carbocycles. The molecule has 0 fully saturated rings. The first-order valence-corrected chi connectivity index (χ1v) is 9.50. The molecule has 1 unspecified atom stereocenters. The molecule has 0 aliphatic rings. The Kier molecular flexibility index (Phi) is 5.68. The van der Waals surface area contributed by atoms with Crippen molar-refractivity contribution in [3.05, 3.63) is 69.5 Å². The third kappa shape index (κ3) is 4.42. The first-order chi connectivity index (χ1) is 13.0. The van der Waals surface area contributed by atoms with Crippen LogP contribution in [0.4, 0.5) is 0 Å². The quantitative estimate of drug-likeness (QED) is 0.608. The summed E-state index contributed by atoms with van der Waals surface area (Å²) in [6.07, 6.45) is 0. The molecule has 0 aliphatic carbocycles. The minimum absolute atomic E-state index is 0.151. The van der Waals surface area contributed by atoms with E-state index in [2.05, 4.69) is 11.1 Å². The van der Waals surface area contributed by atoms with Crippen molar-refractivity contribution in [2.45, 2.75) is 26.7 Å². The zero-order valence-corrected chi connectivity index (χ0v) is 16.3. The van der Waals surface area contributed by atoms with Crippen LogP contribution in [0.15, 0.2) is 47.8 Å². The van der Waals surface area contributed by atoms with E-state index in [0.29, 0.717) is 10.8 Å². The number of nitrogens with zero attached hydrogens (tertiary/aromatic N) is 2. The van der Waals surface area contributed by atoms with Crippen LogP contribution in [0.1, 0.15) is 27.6 Å². The third-order valence-electron chi connectivity index (χ3n) is 4.28. The minimum atomic E-state index is -0.917. The maximum Gasteiger partial charge on any atom is 0.194 e. The molecule has 1 atom stereocenters. The number of carbonyl (C=O) groups is 1. The number of ketones is 1. The van der Waals surface area contributed by atoms with Crippen molar-refractivity contribution < 1.29 is 9.53 Å². The van der Waals surface area contributed by atoms with E-state index in [-0.39, 0.29) is 12.4 Å². The van der Waals surface area contributed by atoms with Crippen molar-refractivity contribution in [1.82, 2.24) is 4.98 Å². The highest BCUT2D eigenvalue weighted by Crippen LogP contribution is 2.27. The maximum atomic E-state index is 12.6. The predicted molar refractivity (Wildman–Crippen MR) is 107 cm³/mol. The van der Waals surface area contributed by atoms with Gasteiger partial charge < -0.3 is 4.74 Å². The zero-order valence-electron chi connectivity index (χ0n) is 15.5. The smallest absolute Gasteiger partial charge is 0.194 e. The molecule has 1 heterocycles. The van der Waals surface area contributed by atoms with E-state index < -0.39 is 5.92 Å². The summed E-state index contributed by atoms with van der Waals surface area (Å²) < 4.78 is 5.66. The van der Waals surface area contributed by atoms with Gasteiger partial charge in [-0.3, -0.25) is 4.79 Å². The number of Topliss-reactive ketones (excluding diaryl/α,β-unsaturated/α-hetero) is 1. The molecular formula is C22H20N2O2S. The molecule has 2 aromatic carbocycles. The number of ether oxygens (including phenoxy) is 1. The highest BCUT2D eigenvalue weighted by atomic mass is 32.1. The van der Waals surface area contributed by atoms with Crippen LogP contribution >= 0.6 is 11.3 Å². The van der Waals surface area contributed by atoms with Gasteiger partial charge >= 0.3 is 0 Å². The average molecular weight is 376 g/mol. The Balaban J connectivity index is 1.73. The Morgan fingerprint density at radius 2 is 1.85 bits per heavy atom. The molecule has 5 heteroatoms. The normalized spacial score (nSPS) is 11.6. The predicted octanol–water partition coefficient (Wildman–Crippen LogP) is 4.99. The van der Waals surface area contributed by atoms with E-state index in [1.807, 2.05) is 68.6 Å². The molecule has 3 rings (SSSR count). The summed E-state index contributed by atoms with van der Waals surface area (Å²) in [7, 11) is 0. The molecule has 1 aromatic heterocycles. The van der Waals surface area contributed by atoms with Gasteiger partial charge in [0.2, 0.25) is 0 Å². The van der Waals surface area contributed by atoms with Crippen molar-refractivity contribution in [1.29, 1.82) is 5.26 Å². The number of nitriles is 1. The summed E-state index contributed by atoms with van der Waals surface area (Å²) in [6, 6.07) is 15.9. The largest absolute Gasteiger partial charge is 0.485 e. The number of rotatable bonds is 6. The average Bonchev–Trinajstić information content (AvgIpc) is 3.13. The summed E-state index contributed by atoms with van der Waals surface area (Å²) in [6.45, 7) is 5.77. The van der Waals surface area contributed by atoms with Crippen molar-refractivity contribution in [2.24, 2.45) is 0 Å². The number of aryl methyl sites for hydroxylation is 3. The number of aromatic nitrogens is 1. The number of thiazole rings is 1. The topological polar surface area (TPSA) is 63.0 Å². The molecule has 0 aliphatic heterocycles. The van der Waals surface area contributed by atoms with Gasteiger partial charge in [-0.2, -0.15) is 5.26 Å². The highest BCUT2D eigenvalue weighted by molar-refractivity contribution is 7.10. The van der Waals surface area contributed by atoms with Crippen molar-refractivity contribution >= 4 is 17.1 Å². The Morgan fingerprint density at radius 1 is 1.15 bits per heavy atom. The Bertz CT molecular complexity index is 1000. The summed E-state index contributed by atoms with van der Waals surface area (Å²) in [5.74, 6) is -0.540. The van der Waals surface area contributed by atoms with Crippen LogP contribution in [0.2, 0.25) is 0 Å². The molecule has 0 bridgehead atoms. The fourth-order valence-corrected chi connectivity index (χ4v) is 3.53. The Hall–Kier alpha value is -2.97. The van der Waals surface area contributed by atoms with Gasteiger partial charge in [0.15, 0.2) is 11.7 Å². The van der Waals surface area contributed by atoms with Gasteiger partial charge in [0, 0.05) is 10.9 Å². The summed E-state index contributed by atoms with van der Waals surface area (Å²) in [5, 5.41) is 11.9. The fourth-order valence-electron chi connectivity index (χ4n) is 2.64. The molecule has 136 valence electrons. The molecule has 0 saturated heterocycles. The van der Waals surface area contributed by atoms with Crippen LogP contribution in [0.3, 0.4) is 0 Å². The second-order valence-electron chi connectivity index (χ2n) is 6.52. The van der Waals surface area contributed by atoms with Gasteiger partial charge in [-0.25, -0.2) is 4.98 Å². The lowest BCUT2D eigenvalue weighted by molar-refractivity contribution is -0.121. The number of hydrogen-bond acceptors (Lipinski definition) is 5. The number of hydrogen-bond donors (Lipinski definition) is 0. The molecule has 0 radical (unpaired) electrons. The number of benzene rings is 2. The van der Waals surface area contributed by atoms with Crippen LogP contribution in [0.25, 0.3) is 11.3 Å². The van der Waals surface area contributed by atoms with E-state index >= 15 is 0 Å². The first kappa shape index (κ1) is 18.8. The zero-order chi connectivity index (χ0) is 19.4. The summed E-state index contributed by atoms with van der Waals surface area (Å²) in [5.41, 5.74) is 4.93. The van der Waals surface area contributed by atoms with Gasteiger partial charge in [-0.05, 0) is 38.0 Å². The van der Waals surface area contributed by atoms with Crippen LogP contribution < -0.4 is 4.74 Å². The summed E-state index contributed by atoms with van der Waals surface area (Å²) in [4.78, 5) is 17.1. The molecule has 0 N–H and O–H groups in total. The van der Waals surface area contributed by atoms with Crippen LogP contribution in [-0.2, 0) is 4.79 Å². The Morgan fingerprint density at radius 3 is 2.56 bits per heavy atom.